The van der Waals surface area contributed by atoms with E-state index >= 15 is 0 Å². The summed E-state index contributed by atoms with van der Waals surface area (Å²) in [6.45, 7) is 1.17. The highest BCUT2D eigenvalue weighted by molar-refractivity contribution is 5.97. The van der Waals surface area contributed by atoms with Crippen LogP contribution in [-0.4, -0.2) is 37.0 Å². The van der Waals surface area contributed by atoms with Gasteiger partial charge in [-0.2, -0.15) is 0 Å². The van der Waals surface area contributed by atoms with E-state index in [2.05, 4.69) is 0 Å². The number of methoxy groups -OCH3 is 1. The van der Waals surface area contributed by atoms with Crippen molar-refractivity contribution >= 4 is 5.91 Å². The average Bonchev–Trinajstić information content (AvgIpc) is 2.38. The highest BCUT2D eigenvalue weighted by Crippen LogP contribution is 2.22. The van der Waals surface area contributed by atoms with E-state index in [1.807, 2.05) is 0 Å². The van der Waals surface area contributed by atoms with Gasteiger partial charge in [0.05, 0.1) is 12.7 Å². The Hall–Kier alpha value is -1.62. The molecule has 18 heavy (non-hydrogen) atoms. The summed E-state index contributed by atoms with van der Waals surface area (Å²) in [5.74, 6) is -0.275. The Morgan fingerprint density at radius 1 is 1.56 bits per heavy atom. The SMILES string of the molecule is COc1ccc(F)cc1C(=O)N1CCCC(N)C1. The van der Waals surface area contributed by atoms with Crippen molar-refractivity contribution in [3.63, 3.8) is 0 Å². The van der Waals surface area contributed by atoms with Crippen LogP contribution in [0.4, 0.5) is 4.39 Å². The van der Waals surface area contributed by atoms with E-state index in [0.717, 1.165) is 12.8 Å². The Balaban J connectivity index is 2.24. The lowest BCUT2D eigenvalue weighted by molar-refractivity contribution is 0.0705. The lowest BCUT2D eigenvalue weighted by Crippen LogP contribution is -2.45. The monoisotopic (exact) mass is 252 g/mol. The van der Waals surface area contributed by atoms with E-state index in [4.69, 9.17) is 10.5 Å². The van der Waals surface area contributed by atoms with E-state index in [0.29, 0.717) is 18.8 Å². The molecule has 98 valence electrons. The van der Waals surface area contributed by atoms with Gasteiger partial charge in [0.25, 0.3) is 5.91 Å². The maximum Gasteiger partial charge on any atom is 0.257 e. The summed E-state index contributed by atoms with van der Waals surface area (Å²) in [4.78, 5) is 14.0. The van der Waals surface area contributed by atoms with Crippen molar-refractivity contribution in [2.45, 2.75) is 18.9 Å². The minimum Gasteiger partial charge on any atom is -0.496 e. The number of likely N-dealkylation sites (tertiary alicyclic amines) is 1. The Labute approximate surface area is 106 Å². The van der Waals surface area contributed by atoms with Gasteiger partial charge in [0.1, 0.15) is 11.6 Å². The number of ether oxygens (including phenoxy) is 1. The topological polar surface area (TPSA) is 55.6 Å². The summed E-state index contributed by atoms with van der Waals surface area (Å²) in [5, 5.41) is 0. The van der Waals surface area contributed by atoms with E-state index in [-0.39, 0.29) is 17.5 Å². The number of amides is 1. The number of carbonyl (C=O) groups is 1. The van der Waals surface area contributed by atoms with Crippen LogP contribution in [0.15, 0.2) is 18.2 Å². The zero-order chi connectivity index (χ0) is 13.1. The number of rotatable bonds is 2. The number of halogens is 1. The first-order valence-electron chi connectivity index (χ1n) is 6.00. The number of hydrogen-bond acceptors (Lipinski definition) is 3. The Morgan fingerprint density at radius 3 is 3.00 bits per heavy atom. The number of hydrogen-bond donors (Lipinski definition) is 1. The van der Waals surface area contributed by atoms with Crippen LogP contribution in [0, 0.1) is 5.82 Å². The minimum absolute atomic E-state index is 0.00209. The van der Waals surface area contributed by atoms with Crippen LogP contribution >= 0.6 is 0 Å². The molecule has 4 nitrogen and oxygen atoms in total. The third kappa shape index (κ3) is 2.61. The van der Waals surface area contributed by atoms with Crippen LogP contribution in [0.3, 0.4) is 0 Å². The third-order valence-corrected chi connectivity index (χ3v) is 3.14. The summed E-state index contributed by atoms with van der Waals surface area (Å²) >= 11 is 0. The first kappa shape index (κ1) is 12.8. The summed E-state index contributed by atoms with van der Waals surface area (Å²) in [5.41, 5.74) is 6.10. The lowest BCUT2D eigenvalue weighted by atomic mass is 10.0. The van der Waals surface area contributed by atoms with Crippen molar-refractivity contribution in [2.75, 3.05) is 20.2 Å². The van der Waals surface area contributed by atoms with Gasteiger partial charge in [-0.05, 0) is 31.0 Å². The van der Waals surface area contributed by atoms with Crippen LogP contribution in [0.25, 0.3) is 0 Å². The quantitative estimate of drug-likeness (QED) is 0.865. The molecule has 0 aromatic heterocycles. The molecule has 2 N–H and O–H groups in total. The van der Waals surface area contributed by atoms with Gasteiger partial charge in [-0.25, -0.2) is 4.39 Å². The molecule has 0 radical (unpaired) electrons. The maximum atomic E-state index is 13.2. The fourth-order valence-corrected chi connectivity index (χ4v) is 2.21. The average molecular weight is 252 g/mol. The molecule has 1 heterocycles. The number of nitrogens with zero attached hydrogens (tertiary/aromatic N) is 1. The largest absolute Gasteiger partial charge is 0.496 e. The van der Waals surface area contributed by atoms with Crippen LogP contribution in [-0.2, 0) is 0 Å². The summed E-state index contributed by atoms with van der Waals surface area (Å²) < 4.78 is 18.3. The molecule has 1 aliphatic heterocycles. The van der Waals surface area contributed by atoms with E-state index in [1.54, 1.807) is 4.90 Å². The van der Waals surface area contributed by atoms with Crippen molar-refractivity contribution in [1.29, 1.82) is 0 Å². The molecule has 1 atom stereocenters. The molecule has 5 heteroatoms. The van der Waals surface area contributed by atoms with Gasteiger partial charge in [-0.3, -0.25) is 4.79 Å². The first-order valence-corrected chi connectivity index (χ1v) is 6.00. The van der Waals surface area contributed by atoms with E-state index < -0.39 is 5.82 Å². The van der Waals surface area contributed by atoms with Gasteiger partial charge in [-0.15, -0.1) is 0 Å². The molecule has 1 aromatic rings. The van der Waals surface area contributed by atoms with E-state index in [1.165, 1.54) is 25.3 Å². The fourth-order valence-electron chi connectivity index (χ4n) is 2.21. The summed E-state index contributed by atoms with van der Waals surface area (Å²) in [6, 6.07) is 3.95. The smallest absolute Gasteiger partial charge is 0.257 e. The number of piperidine rings is 1. The van der Waals surface area contributed by atoms with Crippen molar-refractivity contribution in [2.24, 2.45) is 5.73 Å². The zero-order valence-corrected chi connectivity index (χ0v) is 10.4. The van der Waals surface area contributed by atoms with Crippen LogP contribution in [0.2, 0.25) is 0 Å². The number of benzene rings is 1. The maximum absolute atomic E-state index is 13.2. The second-order valence-corrected chi connectivity index (χ2v) is 4.50. The fraction of sp³-hybridized carbons (Fsp3) is 0.462. The predicted octanol–water partition coefficient (Wildman–Crippen LogP) is 1.40. The van der Waals surface area contributed by atoms with Crippen molar-refractivity contribution in [3.05, 3.63) is 29.6 Å². The lowest BCUT2D eigenvalue weighted by Gasteiger charge is -2.31. The molecule has 1 fully saturated rings. The molecule has 1 unspecified atom stereocenters. The standard InChI is InChI=1S/C13H17FN2O2/c1-18-12-5-4-9(14)7-11(12)13(17)16-6-2-3-10(15)8-16/h4-5,7,10H,2-3,6,8,15H2,1H3. The minimum atomic E-state index is -0.444. The Bertz CT molecular complexity index is 451. The second-order valence-electron chi connectivity index (χ2n) is 4.50. The molecule has 1 amide bonds. The third-order valence-electron chi connectivity index (χ3n) is 3.14. The molecule has 0 spiro atoms. The van der Waals surface area contributed by atoms with Gasteiger partial charge in [0.15, 0.2) is 0 Å². The van der Waals surface area contributed by atoms with Crippen LogP contribution in [0.5, 0.6) is 5.75 Å². The normalized spacial score (nSPS) is 19.7. The Kier molecular flexibility index (Phi) is 3.81. The molecule has 0 saturated carbocycles. The van der Waals surface area contributed by atoms with Crippen LogP contribution in [0.1, 0.15) is 23.2 Å². The Morgan fingerprint density at radius 2 is 2.33 bits per heavy atom. The van der Waals surface area contributed by atoms with Gasteiger partial charge < -0.3 is 15.4 Å². The molecular weight excluding hydrogens is 235 g/mol. The molecule has 0 aliphatic carbocycles. The number of carbonyl (C=O) groups excluding carboxylic acids is 1. The first-order chi connectivity index (χ1) is 8.61. The van der Waals surface area contributed by atoms with Crippen molar-refractivity contribution in [1.82, 2.24) is 4.90 Å². The highest BCUT2D eigenvalue weighted by atomic mass is 19.1. The second kappa shape index (κ2) is 5.35. The molecule has 1 aliphatic rings. The summed E-state index contributed by atoms with van der Waals surface area (Å²) in [7, 11) is 1.46. The molecule has 0 bridgehead atoms. The molecule has 1 aromatic carbocycles. The molecule has 2 rings (SSSR count). The highest BCUT2D eigenvalue weighted by Gasteiger charge is 2.24. The summed E-state index contributed by atoms with van der Waals surface area (Å²) in [6.07, 6.45) is 1.80. The van der Waals surface area contributed by atoms with Gasteiger partial charge in [-0.1, -0.05) is 0 Å². The van der Waals surface area contributed by atoms with Gasteiger partial charge in [0.2, 0.25) is 0 Å². The predicted molar refractivity (Wildman–Crippen MR) is 66.1 cm³/mol. The van der Waals surface area contributed by atoms with Crippen LogP contribution < -0.4 is 10.5 Å². The molecule has 1 saturated heterocycles. The van der Waals surface area contributed by atoms with Crippen molar-refractivity contribution in [3.8, 4) is 5.75 Å². The van der Waals surface area contributed by atoms with Crippen molar-refractivity contribution < 1.29 is 13.9 Å². The number of nitrogens with two attached hydrogens (primary N) is 1. The molecular formula is C13H17FN2O2. The van der Waals surface area contributed by atoms with E-state index in [9.17, 15) is 9.18 Å². The van der Waals surface area contributed by atoms with Gasteiger partial charge >= 0.3 is 0 Å². The van der Waals surface area contributed by atoms with Gasteiger partial charge in [0, 0.05) is 19.1 Å². The zero-order valence-electron chi connectivity index (χ0n) is 10.4.